The van der Waals surface area contributed by atoms with Gasteiger partial charge in [-0.1, -0.05) is 23.7 Å². The molecule has 0 saturated heterocycles. The Morgan fingerprint density at radius 3 is 2.73 bits per heavy atom. The van der Waals surface area contributed by atoms with E-state index in [2.05, 4.69) is 0 Å². The van der Waals surface area contributed by atoms with Crippen LogP contribution in [-0.4, -0.2) is 4.57 Å². The number of rotatable bonds is 1. The van der Waals surface area contributed by atoms with Crippen LogP contribution in [0.25, 0.3) is 5.69 Å². The Labute approximate surface area is 92.7 Å². The summed E-state index contributed by atoms with van der Waals surface area (Å²) in [6.45, 7) is 1.99. The van der Waals surface area contributed by atoms with Crippen LogP contribution in [-0.2, 0) is 0 Å². The molecule has 15 heavy (non-hydrogen) atoms. The molecule has 0 amide bonds. The average Bonchev–Trinajstić information content (AvgIpc) is 2.22. The third-order valence-corrected chi connectivity index (χ3v) is 2.38. The summed E-state index contributed by atoms with van der Waals surface area (Å²) in [5.41, 5.74) is 1.87. The summed E-state index contributed by atoms with van der Waals surface area (Å²) >= 11 is 5.85. The number of hydrogen-bond acceptors (Lipinski definition) is 1. The maximum Gasteiger partial charge on any atom is 0.255 e. The highest BCUT2D eigenvalue weighted by Gasteiger charge is 1.99. The van der Waals surface area contributed by atoms with E-state index in [0.29, 0.717) is 5.02 Å². The zero-order valence-electron chi connectivity index (χ0n) is 8.27. The predicted molar refractivity (Wildman–Crippen MR) is 61.8 cm³/mol. The molecule has 0 saturated carbocycles. The van der Waals surface area contributed by atoms with Crippen LogP contribution < -0.4 is 5.56 Å². The fourth-order valence-electron chi connectivity index (χ4n) is 1.44. The maximum absolute atomic E-state index is 11.6. The van der Waals surface area contributed by atoms with Gasteiger partial charge < -0.3 is 0 Å². The minimum atomic E-state index is -0.0787. The molecule has 3 heteroatoms. The van der Waals surface area contributed by atoms with E-state index in [9.17, 15) is 4.79 Å². The van der Waals surface area contributed by atoms with Gasteiger partial charge in [0, 0.05) is 18.0 Å². The summed E-state index contributed by atoms with van der Waals surface area (Å²) in [6.07, 6.45) is 1.62. The lowest BCUT2D eigenvalue weighted by Crippen LogP contribution is -2.15. The summed E-state index contributed by atoms with van der Waals surface area (Å²) in [6, 6.07) is 10.8. The topological polar surface area (TPSA) is 22.0 Å². The first-order chi connectivity index (χ1) is 7.16. The van der Waals surface area contributed by atoms with Crippen molar-refractivity contribution in [2.24, 2.45) is 0 Å². The molecule has 0 aliphatic heterocycles. The van der Waals surface area contributed by atoms with Gasteiger partial charge in [-0.05, 0) is 30.7 Å². The summed E-state index contributed by atoms with van der Waals surface area (Å²) in [5, 5.41) is 0.552. The molecular formula is C12H10ClNO. The third-order valence-electron chi connectivity index (χ3n) is 2.15. The molecule has 0 atom stereocenters. The van der Waals surface area contributed by atoms with Crippen LogP contribution in [0, 0.1) is 6.92 Å². The Bertz CT molecular complexity index is 545. The van der Waals surface area contributed by atoms with Gasteiger partial charge in [-0.25, -0.2) is 0 Å². The first-order valence-corrected chi connectivity index (χ1v) is 5.00. The first-order valence-electron chi connectivity index (χ1n) is 4.62. The Balaban J connectivity index is 2.63. The van der Waals surface area contributed by atoms with Gasteiger partial charge in [-0.2, -0.15) is 0 Å². The van der Waals surface area contributed by atoms with Gasteiger partial charge >= 0.3 is 0 Å². The van der Waals surface area contributed by atoms with Crippen molar-refractivity contribution in [3.8, 4) is 5.69 Å². The highest BCUT2D eigenvalue weighted by molar-refractivity contribution is 6.30. The molecule has 1 aromatic heterocycles. The lowest BCUT2D eigenvalue weighted by molar-refractivity contribution is 0.988. The van der Waals surface area contributed by atoms with E-state index in [1.54, 1.807) is 12.3 Å². The molecule has 0 radical (unpaired) electrons. The third kappa shape index (κ3) is 2.10. The number of aryl methyl sites for hydroxylation is 1. The van der Waals surface area contributed by atoms with E-state index in [-0.39, 0.29) is 5.56 Å². The standard InChI is InChI=1S/C12H10ClNO/c1-9-3-2-4-11(7-9)14-8-10(13)5-6-12(14)15/h2-8H,1H3. The highest BCUT2D eigenvalue weighted by Crippen LogP contribution is 2.11. The number of hydrogen-bond donors (Lipinski definition) is 0. The predicted octanol–water partition coefficient (Wildman–Crippen LogP) is 2.80. The van der Waals surface area contributed by atoms with Crippen molar-refractivity contribution in [2.75, 3.05) is 0 Å². The second-order valence-corrected chi connectivity index (χ2v) is 3.83. The number of aromatic nitrogens is 1. The number of nitrogens with zero attached hydrogens (tertiary/aromatic N) is 1. The number of halogens is 1. The van der Waals surface area contributed by atoms with Gasteiger partial charge in [0.05, 0.1) is 5.02 Å². The number of pyridine rings is 1. The van der Waals surface area contributed by atoms with Gasteiger partial charge in [0.25, 0.3) is 5.56 Å². The van der Waals surface area contributed by atoms with Crippen molar-refractivity contribution in [3.63, 3.8) is 0 Å². The van der Waals surface area contributed by atoms with Crippen LogP contribution in [0.4, 0.5) is 0 Å². The lowest BCUT2D eigenvalue weighted by atomic mass is 10.2. The van der Waals surface area contributed by atoms with Gasteiger partial charge in [0.15, 0.2) is 0 Å². The molecule has 0 bridgehead atoms. The summed E-state index contributed by atoms with van der Waals surface area (Å²) in [4.78, 5) is 11.6. The summed E-state index contributed by atoms with van der Waals surface area (Å²) < 4.78 is 1.54. The van der Waals surface area contributed by atoms with Crippen LogP contribution in [0.2, 0.25) is 5.02 Å². The highest BCUT2D eigenvalue weighted by atomic mass is 35.5. The Morgan fingerprint density at radius 1 is 1.20 bits per heavy atom. The smallest absolute Gasteiger partial charge is 0.255 e. The monoisotopic (exact) mass is 219 g/mol. The minimum Gasteiger partial charge on any atom is -0.283 e. The van der Waals surface area contributed by atoms with Crippen LogP contribution in [0.5, 0.6) is 0 Å². The van der Waals surface area contributed by atoms with Crippen molar-refractivity contribution in [1.29, 1.82) is 0 Å². The van der Waals surface area contributed by atoms with Crippen LogP contribution in [0.15, 0.2) is 47.4 Å². The minimum absolute atomic E-state index is 0.0787. The quantitative estimate of drug-likeness (QED) is 0.723. The molecule has 1 heterocycles. The van der Waals surface area contributed by atoms with E-state index >= 15 is 0 Å². The van der Waals surface area contributed by atoms with Crippen LogP contribution in [0.3, 0.4) is 0 Å². The fourth-order valence-corrected chi connectivity index (χ4v) is 1.60. The van der Waals surface area contributed by atoms with E-state index in [4.69, 9.17) is 11.6 Å². The SMILES string of the molecule is Cc1cccc(-n2cc(Cl)ccc2=O)c1. The summed E-state index contributed by atoms with van der Waals surface area (Å²) in [7, 11) is 0. The molecule has 2 nitrogen and oxygen atoms in total. The molecule has 0 fully saturated rings. The lowest BCUT2D eigenvalue weighted by Gasteiger charge is -2.06. The van der Waals surface area contributed by atoms with Crippen molar-refractivity contribution < 1.29 is 0 Å². The molecule has 0 aliphatic rings. The number of benzene rings is 1. The molecule has 76 valence electrons. The molecular weight excluding hydrogens is 210 g/mol. The summed E-state index contributed by atoms with van der Waals surface area (Å²) in [5.74, 6) is 0. The molecule has 0 N–H and O–H groups in total. The van der Waals surface area contributed by atoms with Gasteiger partial charge in [-0.15, -0.1) is 0 Å². The van der Waals surface area contributed by atoms with Gasteiger partial charge in [0.2, 0.25) is 0 Å². The van der Waals surface area contributed by atoms with E-state index in [1.165, 1.54) is 10.6 Å². The Morgan fingerprint density at radius 2 is 2.00 bits per heavy atom. The molecule has 1 aromatic carbocycles. The maximum atomic E-state index is 11.6. The zero-order chi connectivity index (χ0) is 10.8. The van der Waals surface area contributed by atoms with E-state index < -0.39 is 0 Å². The second kappa shape index (κ2) is 3.91. The molecule has 2 rings (SSSR count). The molecule has 0 aliphatic carbocycles. The van der Waals surface area contributed by atoms with Gasteiger partial charge in [0.1, 0.15) is 0 Å². The molecule has 0 spiro atoms. The first kappa shape index (κ1) is 9.99. The Hall–Kier alpha value is -1.54. The second-order valence-electron chi connectivity index (χ2n) is 3.39. The van der Waals surface area contributed by atoms with Crippen molar-refractivity contribution in [1.82, 2.24) is 4.57 Å². The molecule has 0 unspecified atom stereocenters. The van der Waals surface area contributed by atoms with Crippen molar-refractivity contribution in [2.45, 2.75) is 6.92 Å². The molecule has 2 aromatic rings. The van der Waals surface area contributed by atoms with Crippen molar-refractivity contribution in [3.05, 3.63) is 63.5 Å². The van der Waals surface area contributed by atoms with E-state index in [0.717, 1.165) is 11.3 Å². The largest absolute Gasteiger partial charge is 0.283 e. The zero-order valence-corrected chi connectivity index (χ0v) is 9.03. The van der Waals surface area contributed by atoms with E-state index in [1.807, 2.05) is 31.2 Å². The normalized spacial score (nSPS) is 10.3. The van der Waals surface area contributed by atoms with Crippen molar-refractivity contribution >= 4 is 11.6 Å². The average molecular weight is 220 g/mol. The Kier molecular flexibility index (Phi) is 2.60. The fraction of sp³-hybridized carbons (Fsp3) is 0.0833. The van der Waals surface area contributed by atoms with Crippen LogP contribution >= 0.6 is 11.6 Å². The van der Waals surface area contributed by atoms with Crippen LogP contribution in [0.1, 0.15) is 5.56 Å². The van der Waals surface area contributed by atoms with Gasteiger partial charge in [-0.3, -0.25) is 9.36 Å².